The molecule has 1 N–H and O–H groups in total. The molecule has 29 heavy (non-hydrogen) atoms. The number of hydrogen-bond donors (Lipinski definition) is 1. The second-order valence-electron chi connectivity index (χ2n) is 6.75. The SMILES string of the molecule is CC(C)c1c(C(=O)Nc2cccc(-n3cnnn3)c2)cnn1-c1cccc(Cl)c1. The minimum atomic E-state index is -0.240. The molecule has 0 radical (unpaired) electrons. The van der Waals surface area contributed by atoms with E-state index in [0.29, 0.717) is 16.3 Å². The van der Waals surface area contributed by atoms with E-state index in [0.717, 1.165) is 17.1 Å². The van der Waals surface area contributed by atoms with Gasteiger partial charge in [0, 0.05) is 10.7 Å². The van der Waals surface area contributed by atoms with E-state index in [4.69, 9.17) is 11.6 Å². The molecule has 2 heterocycles. The average Bonchev–Trinajstić information content (AvgIpc) is 3.38. The van der Waals surface area contributed by atoms with Gasteiger partial charge in [-0.2, -0.15) is 5.10 Å². The summed E-state index contributed by atoms with van der Waals surface area (Å²) in [6.45, 7) is 4.04. The van der Waals surface area contributed by atoms with Crippen LogP contribution >= 0.6 is 11.6 Å². The predicted molar refractivity (Wildman–Crippen MR) is 110 cm³/mol. The Morgan fingerprint density at radius 3 is 2.62 bits per heavy atom. The van der Waals surface area contributed by atoms with Crippen molar-refractivity contribution in [1.82, 2.24) is 30.0 Å². The van der Waals surface area contributed by atoms with E-state index in [1.54, 1.807) is 23.0 Å². The minimum Gasteiger partial charge on any atom is -0.322 e. The van der Waals surface area contributed by atoms with E-state index in [-0.39, 0.29) is 11.8 Å². The number of tetrazole rings is 1. The third kappa shape index (κ3) is 3.88. The number of benzene rings is 2. The van der Waals surface area contributed by atoms with E-state index in [2.05, 4.69) is 25.9 Å². The van der Waals surface area contributed by atoms with Gasteiger partial charge in [-0.1, -0.05) is 37.6 Å². The van der Waals surface area contributed by atoms with Crippen LogP contribution in [0.15, 0.2) is 61.1 Å². The van der Waals surface area contributed by atoms with Gasteiger partial charge < -0.3 is 5.32 Å². The molecule has 9 heteroatoms. The number of nitrogens with zero attached hydrogens (tertiary/aromatic N) is 6. The van der Waals surface area contributed by atoms with Crippen molar-refractivity contribution >= 4 is 23.2 Å². The van der Waals surface area contributed by atoms with E-state index in [1.807, 2.05) is 50.2 Å². The Labute approximate surface area is 172 Å². The molecular weight excluding hydrogens is 390 g/mol. The third-order valence-corrected chi connectivity index (χ3v) is 4.60. The van der Waals surface area contributed by atoms with Crippen LogP contribution in [0.3, 0.4) is 0 Å². The molecule has 2 aromatic heterocycles. The number of aromatic nitrogens is 6. The van der Waals surface area contributed by atoms with Crippen LogP contribution in [0.5, 0.6) is 0 Å². The Morgan fingerprint density at radius 2 is 1.90 bits per heavy atom. The summed E-state index contributed by atoms with van der Waals surface area (Å²) in [5.41, 5.74) is 3.50. The summed E-state index contributed by atoms with van der Waals surface area (Å²) in [5, 5.41) is 19.1. The molecule has 0 aliphatic heterocycles. The summed E-state index contributed by atoms with van der Waals surface area (Å²) in [7, 11) is 0. The zero-order chi connectivity index (χ0) is 20.4. The fourth-order valence-corrected chi connectivity index (χ4v) is 3.29. The zero-order valence-electron chi connectivity index (χ0n) is 15.8. The number of carbonyl (C=O) groups is 1. The van der Waals surface area contributed by atoms with Crippen LogP contribution < -0.4 is 5.32 Å². The number of rotatable bonds is 5. The topological polar surface area (TPSA) is 90.5 Å². The number of carbonyl (C=O) groups excluding carboxylic acids is 1. The van der Waals surface area contributed by atoms with Crippen LogP contribution in [0, 0.1) is 0 Å². The van der Waals surface area contributed by atoms with Crippen LogP contribution in [0.2, 0.25) is 5.02 Å². The molecule has 4 aromatic rings. The first kappa shape index (κ1) is 18.8. The Bertz CT molecular complexity index is 1150. The lowest BCUT2D eigenvalue weighted by atomic mass is 10.0. The largest absolute Gasteiger partial charge is 0.322 e. The Hall–Kier alpha value is -3.52. The molecule has 0 saturated heterocycles. The average molecular weight is 408 g/mol. The quantitative estimate of drug-likeness (QED) is 0.542. The van der Waals surface area contributed by atoms with Crippen LogP contribution in [0.1, 0.15) is 35.8 Å². The molecule has 4 rings (SSSR count). The number of nitrogens with one attached hydrogen (secondary N) is 1. The number of amides is 1. The van der Waals surface area contributed by atoms with Gasteiger partial charge in [-0.05, 0) is 52.7 Å². The fourth-order valence-electron chi connectivity index (χ4n) is 3.11. The van der Waals surface area contributed by atoms with Crippen LogP contribution in [-0.2, 0) is 0 Å². The summed E-state index contributed by atoms with van der Waals surface area (Å²) >= 11 is 6.12. The second-order valence-corrected chi connectivity index (χ2v) is 7.19. The van der Waals surface area contributed by atoms with Gasteiger partial charge in [-0.25, -0.2) is 9.36 Å². The van der Waals surface area contributed by atoms with E-state index in [1.165, 1.54) is 11.0 Å². The maximum Gasteiger partial charge on any atom is 0.259 e. The maximum atomic E-state index is 13.0. The van der Waals surface area contributed by atoms with Crippen molar-refractivity contribution in [2.24, 2.45) is 0 Å². The molecule has 0 unspecified atom stereocenters. The third-order valence-electron chi connectivity index (χ3n) is 4.37. The molecule has 8 nitrogen and oxygen atoms in total. The number of hydrogen-bond acceptors (Lipinski definition) is 5. The standard InChI is InChI=1S/C20H18ClN7O/c1-13(2)19-18(11-23-28(19)17-8-3-5-14(21)9-17)20(29)24-15-6-4-7-16(10-15)27-12-22-25-26-27/h3-13H,1-2H3,(H,24,29). The Kier molecular flexibility index (Phi) is 5.09. The lowest BCUT2D eigenvalue weighted by Crippen LogP contribution is -2.15. The van der Waals surface area contributed by atoms with E-state index in [9.17, 15) is 4.79 Å². The molecule has 0 spiro atoms. The smallest absolute Gasteiger partial charge is 0.259 e. The van der Waals surface area contributed by atoms with Crippen molar-refractivity contribution in [3.05, 3.63) is 77.3 Å². The van der Waals surface area contributed by atoms with Crippen LogP contribution in [0.25, 0.3) is 11.4 Å². The predicted octanol–water partition coefficient (Wildman–Crippen LogP) is 3.88. The van der Waals surface area contributed by atoms with Crippen LogP contribution in [-0.4, -0.2) is 35.9 Å². The summed E-state index contributed by atoms with van der Waals surface area (Å²) < 4.78 is 3.27. The number of halogens is 1. The van der Waals surface area contributed by atoms with Gasteiger partial charge in [-0.3, -0.25) is 4.79 Å². The van der Waals surface area contributed by atoms with Gasteiger partial charge in [0.1, 0.15) is 6.33 Å². The van der Waals surface area contributed by atoms with Crippen molar-refractivity contribution < 1.29 is 4.79 Å². The fraction of sp³-hybridized carbons (Fsp3) is 0.150. The molecular formula is C20H18ClN7O. The normalized spacial score (nSPS) is 11.0. The maximum absolute atomic E-state index is 13.0. The van der Waals surface area contributed by atoms with Gasteiger partial charge >= 0.3 is 0 Å². The van der Waals surface area contributed by atoms with E-state index >= 15 is 0 Å². The molecule has 0 bridgehead atoms. The zero-order valence-corrected chi connectivity index (χ0v) is 16.6. The monoisotopic (exact) mass is 407 g/mol. The lowest BCUT2D eigenvalue weighted by Gasteiger charge is -2.13. The van der Waals surface area contributed by atoms with Gasteiger partial charge in [0.25, 0.3) is 5.91 Å². The van der Waals surface area contributed by atoms with Gasteiger partial charge in [0.15, 0.2) is 0 Å². The van der Waals surface area contributed by atoms with Gasteiger partial charge in [0.05, 0.1) is 28.8 Å². The number of anilines is 1. The first-order chi connectivity index (χ1) is 14.0. The molecule has 0 fully saturated rings. The van der Waals surface area contributed by atoms with Crippen molar-refractivity contribution in [3.8, 4) is 11.4 Å². The molecule has 0 aliphatic rings. The Balaban J connectivity index is 1.65. The highest BCUT2D eigenvalue weighted by Crippen LogP contribution is 2.25. The summed E-state index contributed by atoms with van der Waals surface area (Å²) in [6, 6.07) is 14.7. The highest BCUT2D eigenvalue weighted by molar-refractivity contribution is 6.30. The van der Waals surface area contributed by atoms with Gasteiger partial charge in [0.2, 0.25) is 0 Å². The van der Waals surface area contributed by atoms with Gasteiger partial charge in [-0.15, -0.1) is 5.10 Å². The molecule has 1 amide bonds. The van der Waals surface area contributed by atoms with Crippen molar-refractivity contribution in [2.45, 2.75) is 19.8 Å². The van der Waals surface area contributed by atoms with Crippen molar-refractivity contribution in [3.63, 3.8) is 0 Å². The minimum absolute atomic E-state index is 0.0739. The molecule has 146 valence electrons. The highest BCUT2D eigenvalue weighted by Gasteiger charge is 2.21. The molecule has 0 saturated carbocycles. The lowest BCUT2D eigenvalue weighted by molar-refractivity contribution is 0.102. The second kappa shape index (κ2) is 7.84. The molecule has 0 atom stereocenters. The first-order valence-electron chi connectivity index (χ1n) is 9.01. The highest BCUT2D eigenvalue weighted by atomic mass is 35.5. The summed E-state index contributed by atoms with van der Waals surface area (Å²) in [4.78, 5) is 13.0. The first-order valence-corrected chi connectivity index (χ1v) is 9.39. The molecule has 2 aromatic carbocycles. The molecule has 0 aliphatic carbocycles. The van der Waals surface area contributed by atoms with Crippen molar-refractivity contribution in [2.75, 3.05) is 5.32 Å². The Morgan fingerprint density at radius 1 is 1.10 bits per heavy atom. The summed E-state index contributed by atoms with van der Waals surface area (Å²) in [5.74, 6) is -0.166. The van der Waals surface area contributed by atoms with E-state index < -0.39 is 0 Å². The van der Waals surface area contributed by atoms with Crippen LogP contribution in [0.4, 0.5) is 5.69 Å². The van der Waals surface area contributed by atoms with Crippen molar-refractivity contribution in [1.29, 1.82) is 0 Å². The summed E-state index contributed by atoms with van der Waals surface area (Å²) in [6.07, 6.45) is 3.07.